The Bertz CT molecular complexity index is 499. The van der Waals surface area contributed by atoms with E-state index in [2.05, 4.69) is 29.4 Å². The Labute approximate surface area is 173 Å². The van der Waals surface area contributed by atoms with Gasteiger partial charge in [0.2, 0.25) is 0 Å². The van der Waals surface area contributed by atoms with Gasteiger partial charge in [0.15, 0.2) is 5.96 Å². The Hall–Kier alpha value is -1.06. The highest BCUT2D eigenvalue weighted by Gasteiger charge is 2.32. The summed E-state index contributed by atoms with van der Waals surface area (Å²) in [4.78, 5) is 8.71. The molecular weight excluding hydrogens is 383 g/mol. The molecule has 0 spiro atoms. The molecule has 0 unspecified atom stereocenters. The second-order valence-electron chi connectivity index (χ2n) is 8.66. The number of guanidine groups is 1. The van der Waals surface area contributed by atoms with E-state index in [0.29, 0.717) is 25.6 Å². The van der Waals surface area contributed by atoms with Crippen LogP contribution in [0.3, 0.4) is 0 Å². The summed E-state index contributed by atoms with van der Waals surface area (Å²) in [5.74, 6) is 1.28. The molecule has 0 amide bonds. The highest BCUT2D eigenvalue weighted by atomic mass is 19.4. The van der Waals surface area contributed by atoms with Gasteiger partial charge in [-0.3, -0.25) is 14.8 Å². The third kappa shape index (κ3) is 9.09. The average molecular weight is 422 g/mol. The smallest absolute Gasteiger partial charge is 0.379 e. The van der Waals surface area contributed by atoms with Crippen LogP contribution < -0.4 is 10.6 Å². The molecule has 170 valence electrons. The first-order chi connectivity index (χ1) is 13.7. The maximum Gasteiger partial charge on any atom is 0.401 e. The van der Waals surface area contributed by atoms with Crippen molar-refractivity contribution >= 4 is 5.96 Å². The zero-order chi connectivity index (χ0) is 21.3. The maximum atomic E-state index is 12.5. The third-order valence-electron chi connectivity index (χ3n) is 5.79. The van der Waals surface area contributed by atoms with Crippen LogP contribution >= 0.6 is 0 Å². The van der Waals surface area contributed by atoms with Crippen molar-refractivity contribution in [2.45, 2.75) is 51.7 Å². The number of rotatable bonds is 8. The Balaban J connectivity index is 1.72. The Morgan fingerprint density at radius 3 is 2.31 bits per heavy atom. The van der Waals surface area contributed by atoms with Gasteiger partial charge in [0, 0.05) is 31.7 Å². The summed E-state index contributed by atoms with van der Waals surface area (Å²) >= 11 is 0. The van der Waals surface area contributed by atoms with Gasteiger partial charge < -0.3 is 15.4 Å². The fraction of sp³-hybridized carbons (Fsp3) is 0.950. The minimum atomic E-state index is -4.10. The molecule has 2 N–H and O–H groups in total. The Morgan fingerprint density at radius 1 is 1.07 bits per heavy atom. The van der Waals surface area contributed by atoms with Crippen LogP contribution in [0.5, 0.6) is 0 Å². The van der Waals surface area contributed by atoms with Crippen LogP contribution in [0.4, 0.5) is 13.2 Å². The van der Waals surface area contributed by atoms with Crippen molar-refractivity contribution in [2.75, 3.05) is 65.6 Å². The predicted octanol–water partition coefficient (Wildman–Crippen LogP) is 2.32. The highest BCUT2D eigenvalue weighted by Crippen LogP contribution is 2.24. The van der Waals surface area contributed by atoms with E-state index in [9.17, 15) is 13.2 Å². The Kier molecular flexibility index (Phi) is 9.49. The maximum absolute atomic E-state index is 12.5. The third-order valence-corrected chi connectivity index (χ3v) is 5.79. The van der Waals surface area contributed by atoms with Crippen molar-refractivity contribution in [1.29, 1.82) is 0 Å². The number of ether oxygens (including phenoxy) is 1. The van der Waals surface area contributed by atoms with Crippen LogP contribution in [-0.4, -0.2) is 93.0 Å². The Morgan fingerprint density at radius 2 is 1.72 bits per heavy atom. The monoisotopic (exact) mass is 421 g/mol. The fourth-order valence-electron chi connectivity index (χ4n) is 3.96. The molecule has 0 aromatic carbocycles. The standard InChI is InChI=1S/C20H38F3N5O/c1-4-24-18(26-15-19(2,3)28-11-13-29-14-12-28)25-8-5-17-6-9-27(10-7-17)16-20(21,22)23/h17H,4-16H2,1-3H3,(H2,24,25,26). The van der Waals surface area contributed by atoms with E-state index in [0.717, 1.165) is 64.6 Å². The lowest BCUT2D eigenvalue weighted by molar-refractivity contribution is -0.148. The second kappa shape index (κ2) is 11.4. The number of likely N-dealkylation sites (tertiary alicyclic amines) is 1. The largest absolute Gasteiger partial charge is 0.401 e. The van der Waals surface area contributed by atoms with Crippen LogP contribution in [0.1, 0.15) is 40.0 Å². The van der Waals surface area contributed by atoms with Crippen molar-refractivity contribution in [2.24, 2.45) is 10.9 Å². The lowest BCUT2D eigenvalue weighted by Crippen LogP contribution is -2.52. The molecule has 0 saturated carbocycles. The van der Waals surface area contributed by atoms with Crippen molar-refractivity contribution in [3.8, 4) is 0 Å². The normalized spacial score (nSPS) is 21.4. The number of nitrogens with zero attached hydrogens (tertiary/aromatic N) is 3. The molecule has 6 nitrogen and oxygen atoms in total. The van der Waals surface area contributed by atoms with E-state index in [4.69, 9.17) is 9.73 Å². The molecule has 0 aromatic heterocycles. The van der Waals surface area contributed by atoms with E-state index < -0.39 is 12.7 Å². The fourth-order valence-corrected chi connectivity index (χ4v) is 3.96. The molecule has 0 bridgehead atoms. The molecule has 0 aliphatic carbocycles. The predicted molar refractivity (Wildman–Crippen MR) is 110 cm³/mol. The van der Waals surface area contributed by atoms with E-state index >= 15 is 0 Å². The van der Waals surface area contributed by atoms with Gasteiger partial charge in [-0.2, -0.15) is 13.2 Å². The van der Waals surface area contributed by atoms with Gasteiger partial charge in [0.05, 0.1) is 26.3 Å². The van der Waals surface area contributed by atoms with Gasteiger partial charge >= 0.3 is 6.18 Å². The van der Waals surface area contributed by atoms with Crippen LogP contribution in [0.2, 0.25) is 0 Å². The zero-order valence-electron chi connectivity index (χ0n) is 18.2. The number of aliphatic imine (C=N–C) groups is 1. The van der Waals surface area contributed by atoms with Gasteiger partial charge in [-0.15, -0.1) is 0 Å². The first-order valence-corrected chi connectivity index (χ1v) is 10.8. The van der Waals surface area contributed by atoms with Gasteiger partial charge in [0.1, 0.15) is 0 Å². The highest BCUT2D eigenvalue weighted by molar-refractivity contribution is 5.79. The number of morpholine rings is 1. The molecule has 9 heteroatoms. The second-order valence-corrected chi connectivity index (χ2v) is 8.66. The van der Waals surface area contributed by atoms with Crippen LogP contribution in [0, 0.1) is 5.92 Å². The summed E-state index contributed by atoms with van der Waals surface area (Å²) in [5, 5.41) is 6.69. The summed E-state index contributed by atoms with van der Waals surface area (Å²) in [6.45, 7) is 12.4. The topological polar surface area (TPSA) is 52.1 Å². The summed E-state index contributed by atoms with van der Waals surface area (Å²) in [5.41, 5.74) is -0.0303. The molecule has 29 heavy (non-hydrogen) atoms. The summed E-state index contributed by atoms with van der Waals surface area (Å²) < 4.78 is 42.9. The van der Waals surface area contributed by atoms with Crippen molar-refractivity contribution in [3.05, 3.63) is 0 Å². The number of nitrogens with one attached hydrogen (secondary N) is 2. The van der Waals surface area contributed by atoms with Crippen LogP contribution in [0.25, 0.3) is 0 Å². The average Bonchev–Trinajstić information content (AvgIpc) is 2.67. The molecule has 2 fully saturated rings. The minimum absolute atomic E-state index is 0.0303. The molecule has 2 rings (SSSR count). The van der Waals surface area contributed by atoms with Gasteiger partial charge in [0.25, 0.3) is 0 Å². The lowest BCUT2D eigenvalue weighted by atomic mass is 9.93. The molecule has 2 aliphatic rings. The number of piperidine rings is 1. The molecular formula is C20H38F3N5O. The lowest BCUT2D eigenvalue weighted by Gasteiger charge is -2.40. The molecule has 0 atom stereocenters. The summed E-state index contributed by atoms with van der Waals surface area (Å²) in [7, 11) is 0. The van der Waals surface area contributed by atoms with E-state index in [1.165, 1.54) is 4.90 Å². The molecule has 2 saturated heterocycles. The number of hydrogen-bond donors (Lipinski definition) is 2. The van der Waals surface area contributed by atoms with Crippen LogP contribution in [-0.2, 0) is 4.74 Å². The first-order valence-electron chi connectivity index (χ1n) is 10.8. The molecule has 2 aliphatic heterocycles. The molecule has 0 aromatic rings. The number of halogens is 3. The SMILES string of the molecule is CCNC(=NCC(C)(C)N1CCOCC1)NCCC1CCN(CC(F)(F)F)CC1. The van der Waals surface area contributed by atoms with E-state index in [1.54, 1.807) is 0 Å². The van der Waals surface area contributed by atoms with Crippen molar-refractivity contribution in [1.82, 2.24) is 20.4 Å². The van der Waals surface area contributed by atoms with Crippen molar-refractivity contribution in [3.63, 3.8) is 0 Å². The van der Waals surface area contributed by atoms with Gasteiger partial charge in [-0.1, -0.05) is 0 Å². The van der Waals surface area contributed by atoms with Gasteiger partial charge in [-0.05, 0) is 59.0 Å². The number of alkyl halides is 3. The van der Waals surface area contributed by atoms with Crippen LogP contribution in [0.15, 0.2) is 4.99 Å². The van der Waals surface area contributed by atoms with Crippen molar-refractivity contribution < 1.29 is 17.9 Å². The zero-order valence-corrected chi connectivity index (χ0v) is 18.2. The molecule has 2 heterocycles. The summed E-state index contributed by atoms with van der Waals surface area (Å²) in [6.07, 6.45) is -1.48. The molecule has 0 radical (unpaired) electrons. The first kappa shape index (κ1) is 24.2. The van der Waals surface area contributed by atoms with E-state index in [1.807, 2.05) is 6.92 Å². The van der Waals surface area contributed by atoms with E-state index in [-0.39, 0.29) is 5.54 Å². The number of hydrogen-bond acceptors (Lipinski definition) is 4. The minimum Gasteiger partial charge on any atom is -0.379 e. The summed E-state index contributed by atoms with van der Waals surface area (Å²) in [6, 6.07) is 0. The van der Waals surface area contributed by atoms with Gasteiger partial charge in [-0.25, -0.2) is 0 Å². The quantitative estimate of drug-likeness (QED) is 0.465.